The van der Waals surface area contributed by atoms with E-state index in [0.29, 0.717) is 17.7 Å². The normalized spacial score (nSPS) is 10.3. The topological polar surface area (TPSA) is 55.4 Å². The fourth-order valence-corrected chi connectivity index (χ4v) is 2.49. The van der Waals surface area contributed by atoms with Gasteiger partial charge in [0.05, 0.1) is 7.11 Å². The number of hydrogen-bond donors (Lipinski definition) is 1. The van der Waals surface area contributed by atoms with Crippen molar-refractivity contribution < 1.29 is 14.3 Å². The molecule has 4 heteroatoms. The second kappa shape index (κ2) is 7.09. The highest BCUT2D eigenvalue weighted by Gasteiger charge is 2.14. The van der Waals surface area contributed by atoms with Crippen LogP contribution in [0.2, 0.25) is 0 Å². The van der Waals surface area contributed by atoms with Crippen LogP contribution in [-0.2, 0) is 11.2 Å². The Hall–Kier alpha value is -2.62. The molecule has 0 radical (unpaired) electrons. The smallest absolute Gasteiger partial charge is 0.411 e. The maximum Gasteiger partial charge on any atom is 0.411 e. The highest BCUT2D eigenvalue weighted by Crippen LogP contribution is 2.22. The fraction of sp³-hybridized carbons (Fsp3) is 0.263. The first kappa shape index (κ1) is 16.7. The zero-order chi connectivity index (χ0) is 17.0. The fourth-order valence-electron chi connectivity index (χ4n) is 2.49. The Kier molecular flexibility index (Phi) is 5.16. The van der Waals surface area contributed by atoms with Crippen LogP contribution in [0.25, 0.3) is 0 Å². The van der Waals surface area contributed by atoms with Gasteiger partial charge in [-0.25, -0.2) is 4.79 Å². The summed E-state index contributed by atoms with van der Waals surface area (Å²) < 4.78 is 4.60. The summed E-state index contributed by atoms with van der Waals surface area (Å²) in [7, 11) is 1.32. The Labute approximate surface area is 136 Å². The minimum atomic E-state index is -0.522. The molecule has 1 N–H and O–H groups in total. The third-order valence-corrected chi connectivity index (χ3v) is 3.91. The van der Waals surface area contributed by atoms with E-state index in [1.165, 1.54) is 7.11 Å². The number of anilines is 1. The third-order valence-electron chi connectivity index (χ3n) is 3.91. The summed E-state index contributed by atoms with van der Waals surface area (Å²) in [6.45, 7) is 5.73. The van der Waals surface area contributed by atoms with Crippen LogP contribution in [0.3, 0.4) is 0 Å². The molecule has 0 bridgehead atoms. The van der Waals surface area contributed by atoms with Gasteiger partial charge in [0.1, 0.15) is 0 Å². The van der Waals surface area contributed by atoms with Crippen molar-refractivity contribution in [2.24, 2.45) is 0 Å². The maximum absolute atomic E-state index is 12.6. The van der Waals surface area contributed by atoms with Gasteiger partial charge in [0.15, 0.2) is 5.78 Å². The Morgan fingerprint density at radius 2 is 1.70 bits per heavy atom. The van der Waals surface area contributed by atoms with Crippen LogP contribution >= 0.6 is 0 Å². The lowest BCUT2D eigenvalue weighted by atomic mass is 9.95. The molecule has 0 aliphatic rings. The van der Waals surface area contributed by atoms with Gasteiger partial charge in [-0.2, -0.15) is 0 Å². The molecule has 0 unspecified atom stereocenters. The zero-order valence-electron chi connectivity index (χ0n) is 13.9. The van der Waals surface area contributed by atoms with Crippen LogP contribution in [0.4, 0.5) is 10.5 Å². The lowest BCUT2D eigenvalue weighted by molar-refractivity contribution is 0.0992. The summed E-state index contributed by atoms with van der Waals surface area (Å²) in [4.78, 5) is 24.0. The summed E-state index contributed by atoms with van der Waals surface area (Å²) in [5, 5.41) is 2.65. The third kappa shape index (κ3) is 3.97. The van der Waals surface area contributed by atoms with Crippen molar-refractivity contribution in [1.29, 1.82) is 0 Å². The van der Waals surface area contributed by atoms with Crippen molar-refractivity contribution in [3.8, 4) is 0 Å². The lowest BCUT2D eigenvalue weighted by Gasteiger charge is -2.13. The largest absolute Gasteiger partial charge is 0.453 e. The van der Waals surface area contributed by atoms with Gasteiger partial charge in [-0.15, -0.1) is 0 Å². The molecular formula is C19H21NO3. The van der Waals surface area contributed by atoms with Crippen LogP contribution in [0, 0.1) is 20.8 Å². The standard InChI is InChI=1S/C19H21NO3/c1-12-7-5-6-8-15(12)11-18(21)16-9-14(3)17(10-13(16)2)20-19(22)23-4/h5-10H,11H2,1-4H3,(H,20,22). The molecule has 120 valence electrons. The molecular weight excluding hydrogens is 290 g/mol. The molecule has 2 rings (SSSR count). The lowest BCUT2D eigenvalue weighted by Crippen LogP contribution is -2.13. The molecule has 0 aliphatic heterocycles. The average molecular weight is 311 g/mol. The molecule has 0 saturated carbocycles. The number of amides is 1. The van der Waals surface area contributed by atoms with Crippen LogP contribution in [0.1, 0.15) is 32.6 Å². The Bertz CT molecular complexity index is 750. The van der Waals surface area contributed by atoms with Gasteiger partial charge in [0.2, 0.25) is 0 Å². The SMILES string of the molecule is COC(=O)Nc1cc(C)c(C(=O)Cc2ccccc2C)cc1C. The van der Waals surface area contributed by atoms with Crippen LogP contribution in [0.5, 0.6) is 0 Å². The first-order valence-corrected chi connectivity index (χ1v) is 7.46. The summed E-state index contributed by atoms with van der Waals surface area (Å²) >= 11 is 0. The molecule has 0 fully saturated rings. The Balaban J connectivity index is 2.26. The average Bonchev–Trinajstić information content (AvgIpc) is 2.52. The minimum absolute atomic E-state index is 0.0736. The highest BCUT2D eigenvalue weighted by atomic mass is 16.5. The predicted molar refractivity (Wildman–Crippen MR) is 91.2 cm³/mol. The van der Waals surface area contributed by atoms with E-state index < -0.39 is 6.09 Å². The van der Waals surface area contributed by atoms with E-state index in [4.69, 9.17) is 0 Å². The van der Waals surface area contributed by atoms with Gasteiger partial charge in [-0.1, -0.05) is 24.3 Å². The minimum Gasteiger partial charge on any atom is -0.453 e. The molecule has 0 heterocycles. The monoisotopic (exact) mass is 311 g/mol. The second-order valence-electron chi connectivity index (χ2n) is 5.63. The number of carbonyl (C=O) groups is 2. The number of methoxy groups -OCH3 is 1. The molecule has 4 nitrogen and oxygen atoms in total. The van der Waals surface area contributed by atoms with Crippen LogP contribution in [-0.4, -0.2) is 19.0 Å². The molecule has 1 amide bonds. The Morgan fingerprint density at radius 3 is 2.35 bits per heavy atom. The molecule has 2 aromatic carbocycles. The van der Waals surface area contributed by atoms with Crippen molar-refractivity contribution in [3.63, 3.8) is 0 Å². The van der Waals surface area contributed by atoms with E-state index in [2.05, 4.69) is 10.1 Å². The number of Topliss-reactive ketones (excluding diaryl/α,β-unsaturated/α-hetero) is 1. The predicted octanol–water partition coefficient (Wildman–Crippen LogP) is 4.22. The number of nitrogens with one attached hydrogen (secondary N) is 1. The molecule has 2 aromatic rings. The Morgan fingerprint density at radius 1 is 1.00 bits per heavy atom. The van der Waals surface area contributed by atoms with Crippen molar-refractivity contribution in [2.45, 2.75) is 27.2 Å². The van der Waals surface area contributed by atoms with Crippen molar-refractivity contribution in [1.82, 2.24) is 0 Å². The van der Waals surface area contributed by atoms with Gasteiger partial charge in [0, 0.05) is 17.7 Å². The first-order chi connectivity index (χ1) is 10.9. The number of rotatable bonds is 4. The molecule has 0 saturated heterocycles. The van der Waals surface area contributed by atoms with E-state index in [9.17, 15) is 9.59 Å². The highest BCUT2D eigenvalue weighted by molar-refractivity contribution is 6.00. The van der Waals surface area contributed by atoms with E-state index in [1.54, 1.807) is 6.07 Å². The maximum atomic E-state index is 12.6. The molecule has 0 aromatic heterocycles. The second-order valence-corrected chi connectivity index (χ2v) is 5.63. The number of ketones is 1. The van der Waals surface area contributed by atoms with Crippen LogP contribution in [0.15, 0.2) is 36.4 Å². The van der Waals surface area contributed by atoms with Gasteiger partial charge in [-0.05, 0) is 55.2 Å². The molecule has 0 atom stereocenters. The van der Waals surface area contributed by atoms with Gasteiger partial charge >= 0.3 is 6.09 Å². The van der Waals surface area contributed by atoms with E-state index in [1.807, 2.05) is 51.1 Å². The van der Waals surface area contributed by atoms with E-state index in [0.717, 1.165) is 22.3 Å². The molecule has 23 heavy (non-hydrogen) atoms. The molecule has 0 aliphatic carbocycles. The number of hydrogen-bond acceptors (Lipinski definition) is 3. The first-order valence-electron chi connectivity index (χ1n) is 7.46. The number of carbonyl (C=O) groups excluding carboxylic acids is 2. The van der Waals surface area contributed by atoms with Crippen LogP contribution < -0.4 is 5.32 Å². The quantitative estimate of drug-likeness (QED) is 0.860. The number of ether oxygens (including phenoxy) is 1. The zero-order valence-corrected chi connectivity index (χ0v) is 13.9. The van der Waals surface area contributed by atoms with Gasteiger partial charge in [-0.3, -0.25) is 10.1 Å². The summed E-state index contributed by atoms with van der Waals surface area (Å²) in [6.07, 6.45) is -0.150. The van der Waals surface area contributed by atoms with Gasteiger partial charge in [0.25, 0.3) is 0 Å². The van der Waals surface area contributed by atoms with E-state index >= 15 is 0 Å². The van der Waals surface area contributed by atoms with E-state index in [-0.39, 0.29) is 5.78 Å². The van der Waals surface area contributed by atoms with Gasteiger partial charge < -0.3 is 4.74 Å². The van der Waals surface area contributed by atoms with Crippen molar-refractivity contribution in [3.05, 3.63) is 64.2 Å². The summed E-state index contributed by atoms with van der Waals surface area (Å²) in [5.74, 6) is 0.0736. The molecule has 0 spiro atoms. The summed E-state index contributed by atoms with van der Waals surface area (Å²) in [5.41, 5.74) is 5.14. The summed E-state index contributed by atoms with van der Waals surface area (Å²) in [6, 6.07) is 11.5. The number of aryl methyl sites for hydroxylation is 3. The van der Waals surface area contributed by atoms with Crippen molar-refractivity contribution in [2.75, 3.05) is 12.4 Å². The number of benzene rings is 2. The van der Waals surface area contributed by atoms with Crippen molar-refractivity contribution >= 4 is 17.6 Å².